The van der Waals surface area contributed by atoms with E-state index in [0.29, 0.717) is 4.83 Å². The van der Waals surface area contributed by atoms with Crippen molar-refractivity contribution in [3.8, 4) is 0 Å². The van der Waals surface area contributed by atoms with Gasteiger partial charge < -0.3 is 0 Å². The van der Waals surface area contributed by atoms with Crippen LogP contribution in [0.5, 0.6) is 0 Å². The van der Waals surface area contributed by atoms with Crippen LogP contribution < -0.4 is 0 Å². The first-order valence-electron chi connectivity index (χ1n) is 4.56. The van der Waals surface area contributed by atoms with Gasteiger partial charge in [0.2, 0.25) is 0 Å². The third-order valence-electron chi connectivity index (χ3n) is 2.42. The predicted molar refractivity (Wildman–Crippen MR) is 63.1 cm³/mol. The summed E-state index contributed by atoms with van der Waals surface area (Å²) in [6, 6.07) is 2.20. The van der Waals surface area contributed by atoms with Crippen molar-refractivity contribution in [3.05, 3.63) is 20.8 Å². The fourth-order valence-corrected chi connectivity index (χ4v) is 3.55. The Morgan fingerprint density at radius 1 is 1.69 bits per heavy atom. The van der Waals surface area contributed by atoms with E-state index in [1.807, 2.05) is 0 Å². The first kappa shape index (κ1) is 10.0. The van der Waals surface area contributed by atoms with Crippen LogP contribution in [0.15, 0.2) is 6.07 Å². The molecule has 0 amide bonds. The minimum atomic E-state index is 0.524. The quantitative estimate of drug-likeness (QED) is 0.687. The molecule has 1 aromatic rings. The largest absolute Gasteiger partial charge is 0.127 e. The Hall–Kier alpha value is 0.470. The van der Waals surface area contributed by atoms with Gasteiger partial charge in [-0.25, -0.2) is 0 Å². The van der Waals surface area contributed by atoms with E-state index in [-0.39, 0.29) is 0 Å². The first-order valence-corrected chi connectivity index (χ1v) is 6.67. The van der Waals surface area contributed by atoms with Crippen LogP contribution in [-0.4, -0.2) is 0 Å². The Balaban J connectivity index is 2.05. The van der Waals surface area contributed by atoms with Crippen molar-refractivity contribution < 1.29 is 0 Å². The second kappa shape index (κ2) is 3.92. The van der Waals surface area contributed by atoms with Gasteiger partial charge in [0.15, 0.2) is 0 Å². The zero-order valence-corrected chi connectivity index (χ0v) is 10.7. The molecule has 0 saturated heterocycles. The van der Waals surface area contributed by atoms with Gasteiger partial charge in [0, 0.05) is 9.70 Å². The van der Waals surface area contributed by atoms with E-state index in [1.54, 1.807) is 11.3 Å². The van der Waals surface area contributed by atoms with Crippen molar-refractivity contribution in [3.63, 3.8) is 0 Å². The van der Waals surface area contributed by atoms with Crippen molar-refractivity contribution in [2.75, 3.05) is 0 Å². The summed E-state index contributed by atoms with van der Waals surface area (Å²) in [6.45, 7) is 2.07. The summed E-state index contributed by atoms with van der Waals surface area (Å²) in [7, 11) is 0. The zero-order valence-electron chi connectivity index (χ0n) is 7.52. The van der Waals surface area contributed by atoms with Crippen molar-refractivity contribution in [2.45, 2.75) is 31.0 Å². The van der Waals surface area contributed by atoms with Crippen LogP contribution in [0.4, 0.5) is 0 Å². The molecule has 0 spiro atoms. The number of alkyl halides is 1. The molecule has 0 bridgehead atoms. The van der Waals surface area contributed by atoms with Gasteiger partial charge in [0.1, 0.15) is 0 Å². The minimum Gasteiger partial charge on any atom is -0.127 e. The van der Waals surface area contributed by atoms with E-state index in [2.05, 4.69) is 28.9 Å². The van der Waals surface area contributed by atoms with E-state index < -0.39 is 0 Å². The Morgan fingerprint density at radius 3 is 2.85 bits per heavy atom. The summed E-state index contributed by atoms with van der Waals surface area (Å²) in [4.78, 5) is 1.91. The van der Waals surface area contributed by atoms with Gasteiger partial charge in [0.25, 0.3) is 0 Å². The monoisotopic (exact) mass is 278 g/mol. The fraction of sp³-hybridized carbons (Fsp3) is 0.600. The Bertz CT molecular complexity index is 284. The third kappa shape index (κ3) is 2.48. The molecule has 0 radical (unpaired) electrons. The van der Waals surface area contributed by atoms with E-state index in [4.69, 9.17) is 11.6 Å². The molecule has 1 unspecified atom stereocenters. The van der Waals surface area contributed by atoms with Crippen molar-refractivity contribution in [1.82, 2.24) is 0 Å². The maximum Gasteiger partial charge on any atom is 0.0960 e. The van der Waals surface area contributed by atoms with Crippen molar-refractivity contribution in [2.24, 2.45) is 5.92 Å². The molecule has 1 atom stereocenters. The smallest absolute Gasteiger partial charge is 0.0960 e. The lowest BCUT2D eigenvalue weighted by Crippen LogP contribution is -1.86. The highest BCUT2D eigenvalue weighted by molar-refractivity contribution is 9.09. The summed E-state index contributed by atoms with van der Waals surface area (Å²) in [6.07, 6.45) is 4.11. The standard InChI is InChI=1S/C10H12BrClS/c1-6-4-9(13-10(6)12)8(11)5-7-2-3-7/h4,7-8H,2-3,5H2,1H3. The van der Waals surface area contributed by atoms with E-state index >= 15 is 0 Å². The molecule has 1 aromatic heterocycles. The molecule has 72 valence electrons. The average molecular weight is 280 g/mol. The average Bonchev–Trinajstić information content (AvgIpc) is 2.81. The predicted octanol–water partition coefficient (Wildman–Crippen LogP) is 4.95. The lowest BCUT2D eigenvalue weighted by atomic mass is 10.2. The fourth-order valence-electron chi connectivity index (χ4n) is 1.40. The van der Waals surface area contributed by atoms with Gasteiger partial charge in [-0.1, -0.05) is 40.4 Å². The highest BCUT2D eigenvalue weighted by Gasteiger charge is 2.25. The van der Waals surface area contributed by atoms with Crippen LogP contribution in [0, 0.1) is 12.8 Å². The van der Waals surface area contributed by atoms with Gasteiger partial charge in [0.05, 0.1) is 4.34 Å². The van der Waals surface area contributed by atoms with Crippen LogP contribution in [0.25, 0.3) is 0 Å². The van der Waals surface area contributed by atoms with Crippen molar-refractivity contribution >= 4 is 38.9 Å². The number of halogens is 2. The SMILES string of the molecule is Cc1cc(C(Br)CC2CC2)sc1Cl. The molecular formula is C10H12BrClS. The molecule has 1 aliphatic rings. The molecule has 13 heavy (non-hydrogen) atoms. The van der Waals surface area contributed by atoms with Gasteiger partial charge >= 0.3 is 0 Å². The number of rotatable bonds is 3. The molecule has 1 fully saturated rings. The van der Waals surface area contributed by atoms with Crippen LogP contribution in [0.1, 0.15) is 34.5 Å². The number of hydrogen-bond acceptors (Lipinski definition) is 1. The number of hydrogen-bond donors (Lipinski definition) is 0. The molecule has 0 aromatic carbocycles. The van der Waals surface area contributed by atoms with Crippen LogP contribution in [0.2, 0.25) is 4.34 Å². The number of aryl methyl sites for hydroxylation is 1. The normalized spacial score (nSPS) is 19.0. The van der Waals surface area contributed by atoms with Crippen LogP contribution >= 0.6 is 38.9 Å². The summed E-state index contributed by atoms with van der Waals surface area (Å²) >= 11 is 11.5. The van der Waals surface area contributed by atoms with Gasteiger partial charge in [-0.3, -0.25) is 0 Å². The Morgan fingerprint density at radius 2 is 2.38 bits per heavy atom. The summed E-state index contributed by atoms with van der Waals surface area (Å²) in [5, 5.41) is 0. The highest BCUT2D eigenvalue weighted by Crippen LogP contribution is 2.44. The first-order chi connectivity index (χ1) is 6.16. The molecule has 0 aliphatic heterocycles. The Kier molecular flexibility index (Phi) is 3.01. The Labute approximate surface area is 96.4 Å². The molecule has 1 aliphatic carbocycles. The van der Waals surface area contributed by atoms with Gasteiger partial charge in [-0.05, 0) is 30.9 Å². The molecule has 1 heterocycles. The van der Waals surface area contributed by atoms with Gasteiger partial charge in [-0.15, -0.1) is 11.3 Å². The molecule has 3 heteroatoms. The topological polar surface area (TPSA) is 0 Å². The summed E-state index contributed by atoms with van der Waals surface area (Å²) < 4.78 is 0.940. The second-order valence-electron chi connectivity index (χ2n) is 3.75. The lowest BCUT2D eigenvalue weighted by molar-refractivity contribution is 0.728. The summed E-state index contributed by atoms with van der Waals surface area (Å²) in [5.41, 5.74) is 1.21. The van der Waals surface area contributed by atoms with E-state index in [0.717, 1.165) is 10.3 Å². The number of thiophene rings is 1. The lowest BCUT2D eigenvalue weighted by Gasteiger charge is -2.04. The van der Waals surface area contributed by atoms with Crippen LogP contribution in [-0.2, 0) is 0 Å². The maximum atomic E-state index is 6.02. The summed E-state index contributed by atoms with van der Waals surface area (Å²) in [5.74, 6) is 0.963. The molecule has 0 nitrogen and oxygen atoms in total. The minimum absolute atomic E-state index is 0.524. The molecule has 0 N–H and O–H groups in total. The maximum absolute atomic E-state index is 6.02. The van der Waals surface area contributed by atoms with Gasteiger partial charge in [-0.2, -0.15) is 0 Å². The third-order valence-corrected chi connectivity index (χ3v) is 5.26. The molecule has 1 saturated carbocycles. The molecular weight excluding hydrogens is 268 g/mol. The second-order valence-corrected chi connectivity index (χ2v) is 6.54. The van der Waals surface area contributed by atoms with E-state index in [1.165, 1.54) is 29.7 Å². The zero-order chi connectivity index (χ0) is 9.42. The van der Waals surface area contributed by atoms with Crippen LogP contribution in [0.3, 0.4) is 0 Å². The molecule has 2 rings (SSSR count). The van der Waals surface area contributed by atoms with E-state index in [9.17, 15) is 0 Å². The highest BCUT2D eigenvalue weighted by atomic mass is 79.9. The van der Waals surface area contributed by atoms with Crippen molar-refractivity contribution in [1.29, 1.82) is 0 Å².